The number of ether oxygens (including phenoxy) is 1. The van der Waals surface area contributed by atoms with Gasteiger partial charge in [-0.1, -0.05) is 0 Å². The monoisotopic (exact) mass is 212 g/mol. The lowest BCUT2D eigenvalue weighted by Gasteiger charge is -2.11. The smallest absolute Gasteiger partial charge is 0.308 e. The Hall–Kier alpha value is -1.36. The molecule has 0 aliphatic rings. The molecule has 0 saturated carbocycles. The Morgan fingerprint density at radius 2 is 2.47 bits per heavy atom. The number of imidazole rings is 1. The van der Waals surface area contributed by atoms with Crippen LogP contribution in [0.3, 0.4) is 0 Å². The van der Waals surface area contributed by atoms with Gasteiger partial charge in [0, 0.05) is 12.4 Å². The molecule has 0 radical (unpaired) electrons. The Bertz CT molecular complexity index is 322. The molecule has 0 aliphatic carbocycles. The lowest BCUT2D eigenvalue weighted by atomic mass is 10.2. The molecule has 84 valence electrons. The van der Waals surface area contributed by atoms with Crippen molar-refractivity contribution >= 4 is 5.97 Å². The van der Waals surface area contributed by atoms with Crippen LogP contribution in [0.25, 0.3) is 0 Å². The topological polar surface area (TPSA) is 64.3 Å². The van der Waals surface area contributed by atoms with E-state index in [1.807, 2.05) is 6.92 Å². The van der Waals surface area contributed by atoms with Gasteiger partial charge in [-0.3, -0.25) is 4.79 Å². The van der Waals surface area contributed by atoms with Crippen molar-refractivity contribution in [3.8, 4) is 0 Å². The van der Waals surface area contributed by atoms with E-state index in [1.54, 1.807) is 23.9 Å². The fourth-order valence-corrected chi connectivity index (χ4v) is 1.30. The number of esters is 1. The zero-order valence-corrected chi connectivity index (χ0v) is 9.01. The fraction of sp³-hybridized carbons (Fsp3) is 0.600. The maximum Gasteiger partial charge on any atom is 0.308 e. The Kier molecular flexibility index (Phi) is 4.30. The second-order valence-electron chi connectivity index (χ2n) is 3.29. The van der Waals surface area contributed by atoms with Gasteiger partial charge >= 0.3 is 5.97 Å². The van der Waals surface area contributed by atoms with Gasteiger partial charge < -0.3 is 14.4 Å². The highest BCUT2D eigenvalue weighted by Crippen LogP contribution is 2.02. The first kappa shape index (κ1) is 11.7. The highest BCUT2D eigenvalue weighted by atomic mass is 16.5. The predicted octanol–water partition coefficient (Wildman–Crippen LogP) is 0.506. The van der Waals surface area contributed by atoms with Crippen LogP contribution in [0.2, 0.25) is 0 Å². The van der Waals surface area contributed by atoms with Crippen LogP contribution in [0.15, 0.2) is 12.4 Å². The van der Waals surface area contributed by atoms with E-state index in [4.69, 9.17) is 4.74 Å². The van der Waals surface area contributed by atoms with Crippen LogP contribution in [0.4, 0.5) is 0 Å². The zero-order chi connectivity index (χ0) is 11.3. The van der Waals surface area contributed by atoms with E-state index < -0.39 is 6.10 Å². The zero-order valence-electron chi connectivity index (χ0n) is 9.01. The number of aryl methyl sites for hydroxylation is 1. The summed E-state index contributed by atoms with van der Waals surface area (Å²) in [6.07, 6.45) is 2.72. The summed E-state index contributed by atoms with van der Waals surface area (Å²) in [5.41, 5.74) is 0. The molecule has 0 fully saturated rings. The van der Waals surface area contributed by atoms with E-state index in [2.05, 4.69) is 4.98 Å². The van der Waals surface area contributed by atoms with E-state index in [-0.39, 0.29) is 12.4 Å². The lowest BCUT2D eigenvalue weighted by molar-refractivity contribution is -0.145. The third kappa shape index (κ3) is 3.71. The molecule has 1 aromatic rings. The molecule has 1 aromatic heterocycles. The highest BCUT2D eigenvalue weighted by molar-refractivity contribution is 5.69. The van der Waals surface area contributed by atoms with Crippen LogP contribution in [-0.2, 0) is 16.1 Å². The first-order valence-corrected chi connectivity index (χ1v) is 4.95. The van der Waals surface area contributed by atoms with Crippen molar-refractivity contribution in [3.05, 3.63) is 18.2 Å². The molecule has 0 bridgehead atoms. The molecule has 1 N–H and O–H groups in total. The standard InChI is InChI=1S/C10H16N2O3/c1-3-15-10(14)6-9(13)7-12-5-4-11-8(12)2/h4-5,9,13H,3,6-7H2,1-2H3. The second kappa shape index (κ2) is 5.50. The van der Waals surface area contributed by atoms with E-state index in [0.29, 0.717) is 13.2 Å². The van der Waals surface area contributed by atoms with E-state index in [0.717, 1.165) is 5.82 Å². The van der Waals surface area contributed by atoms with Crippen LogP contribution in [0.5, 0.6) is 0 Å². The third-order valence-electron chi connectivity index (χ3n) is 2.04. The number of carbonyl (C=O) groups is 1. The molecule has 5 heteroatoms. The summed E-state index contributed by atoms with van der Waals surface area (Å²) < 4.78 is 6.53. The molecule has 15 heavy (non-hydrogen) atoms. The van der Waals surface area contributed by atoms with Crippen molar-refractivity contribution in [3.63, 3.8) is 0 Å². The van der Waals surface area contributed by atoms with Crippen molar-refractivity contribution in [2.24, 2.45) is 0 Å². The summed E-state index contributed by atoms with van der Waals surface area (Å²) in [6.45, 7) is 4.29. The van der Waals surface area contributed by atoms with Crippen LogP contribution in [0, 0.1) is 6.92 Å². The van der Waals surface area contributed by atoms with E-state index >= 15 is 0 Å². The van der Waals surface area contributed by atoms with Gasteiger partial charge in [0.05, 0.1) is 25.7 Å². The van der Waals surface area contributed by atoms with Crippen molar-refractivity contribution in [1.82, 2.24) is 9.55 Å². The minimum absolute atomic E-state index is 0.0193. The molecule has 0 aliphatic heterocycles. The van der Waals surface area contributed by atoms with Gasteiger partial charge in [0.25, 0.3) is 0 Å². The van der Waals surface area contributed by atoms with E-state index in [1.165, 1.54) is 0 Å². The summed E-state index contributed by atoms with van der Waals surface area (Å²) in [4.78, 5) is 15.1. The number of rotatable bonds is 5. The summed E-state index contributed by atoms with van der Waals surface area (Å²) in [5, 5.41) is 9.59. The van der Waals surface area contributed by atoms with Crippen molar-refractivity contribution in [1.29, 1.82) is 0 Å². The number of hydrogen-bond donors (Lipinski definition) is 1. The SMILES string of the molecule is CCOC(=O)CC(O)Cn1ccnc1C. The maximum atomic E-state index is 11.1. The molecule has 0 saturated heterocycles. The van der Waals surface area contributed by atoms with Gasteiger partial charge in [0.1, 0.15) is 5.82 Å². The molecule has 0 amide bonds. The van der Waals surface area contributed by atoms with Crippen molar-refractivity contribution in [2.45, 2.75) is 32.9 Å². The van der Waals surface area contributed by atoms with Gasteiger partial charge in [-0.15, -0.1) is 0 Å². The molecular weight excluding hydrogens is 196 g/mol. The molecule has 0 aromatic carbocycles. The van der Waals surface area contributed by atoms with Gasteiger partial charge in [-0.2, -0.15) is 0 Å². The molecule has 1 heterocycles. The Balaban J connectivity index is 2.39. The second-order valence-corrected chi connectivity index (χ2v) is 3.29. The maximum absolute atomic E-state index is 11.1. The Morgan fingerprint density at radius 3 is 3.00 bits per heavy atom. The van der Waals surface area contributed by atoms with Gasteiger partial charge in [0.2, 0.25) is 0 Å². The first-order chi connectivity index (χ1) is 7.13. The number of aromatic nitrogens is 2. The first-order valence-electron chi connectivity index (χ1n) is 4.95. The largest absolute Gasteiger partial charge is 0.466 e. The van der Waals surface area contributed by atoms with Gasteiger partial charge in [0.15, 0.2) is 0 Å². The predicted molar refractivity (Wildman–Crippen MR) is 54.2 cm³/mol. The summed E-state index contributed by atoms with van der Waals surface area (Å²) in [5.74, 6) is 0.445. The quantitative estimate of drug-likeness (QED) is 0.722. The Morgan fingerprint density at radius 1 is 1.73 bits per heavy atom. The number of aliphatic hydroxyl groups is 1. The molecule has 1 rings (SSSR count). The number of hydrogen-bond acceptors (Lipinski definition) is 4. The van der Waals surface area contributed by atoms with Gasteiger partial charge in [-0.05, 0) is 13.8 Å². The molecular formula is C10H16N2O3. The average Bonchev–Trinajstić information content (AvgIpc) is 2.52. The van der Waals surface area contributed by atoms with Crippen molar-refractivity contribution < 1.29 is 14.6 Å². The third-order valence-corrected chi connectivity index (χ3v) is 2.04. The Labute approximate surface area is 88.7 Å². The van der Waals surface area contributed by atoms with Crippen LogP contribution >= 0.6 is 0 Å². The van der Waals surface area contributed by atoms with Gasteiger partial charge in [-0.25, -0.2) is 4.98 Å². The van der Waals surface area contributed by atoms with Crippen molar-refractivity contribution in [2.75, 3.05) is 6.61 Å². The summed E-state index contributed by atoms with van der Waals surface area (Å²) in [7, 11) is 0. The minimum Gasteiger partial charge on any atom is -0.466 e. The summed E-state index contributed by atoms with van der Waals surface area (Å²) >= 11 is 0. The summed E-state index contributed by atoms with van der Waals surface area (Å²) in [6, 6.07) is 0. The lowest BCUT2D eigenvalue weighted by Crippen LogP contribution is -2.21. The highest BCUT2D eigenvalue weighted by Gasteiger charge is 2.12. The molecule has 5 nitrogen and oxygen atoms in total. The normalized spacial score (nSPS) is 12.5. The molecule has 0 spiro atoms. The number of carbonyl (C=O) groups excluding carboxylic acids is 1. The van der Waals surface area contributed by atoms with Crippen LogP contribution in [0.1, 0.15) is 19.2 Å². The molecule has 1 unspecified atom stereocenters. The van der Waals surface area contributed by atoms with Crippen LogP contribution < -0.4 is 0 Å². The number of aliphatic hydroxyl groups excluding tert-OH is 1. The molecule has 1 atom stereocenters. The fourth-order valence-electron chi connectivity index (χ4n) is 1.30. The van der Waals surface area contributed by atoms with E-state index in [9.17, 15) is 9.90 Å². The van der Waals surface area contributed by atoms with Crippen LogP contribution in [-0.4, -0.2) is 33.3 Å². The minimum atomic E-state index is -0.725. The number of nitrogens with zero attached hydrogens (tertiary/aromatic N) is 2. The average molecular weight is 212 g/mol.